The maximum Gasteiger partial charge on any atom is 0.251 e. The zero-order valence-corrected chi connectivity index (χ0v) is 16.4. The van der Waals surface area contributed by atoms with Gasteiger partial charge >= 0.3 is 0 Å². The van der Waals surface area contributed by atoms with E-state index in [9.17, 15) is 9.59 Å². The molecule has 0 heterocycles. The van der Waals surface area contributed by atoms with Gasteiger partial charge in [0.1, 0.15) is 5.75 Å². The first-order valence-corrected chi connectivity index (χ1v) is 9.49. The molecule has 3 aromatic carbocycles. The summed E-state index contributed by atoms with van der Waals surface area (Å²) in [5, 5.41) is 5.77. The molecule has 0 aliphatic rings. The van der Waals surface area contributed by atoms with Crippen molar-refractivity contribution in [1.82, 2.24) is 10.6 Å². The molecule has 148 valence electrons. The molecule has 29 heavy (non-hydrogen) atoms. The van der Waals surface area contributed by atoms with Gasteiger partial charge in [-0.1, -0.05) is 48.5 Å². The molecule has 0 aliphatic heterocycles. The highest BCUT2D eigenvalue weighted by atomic mass is 16.5. The van der Waals surface area contributed by atoms with Crippen LogP contribution >= 0.6 is 0 Å². The van der Waals surface area contributed by atoms with Gasteiger partial charge in [0.05, 0.1) is 7.11 Å². The fraction of sp³-hybridized carbons (Fsp3) is 0.167. The van der Waals surface area contributed by atoms with Crippen LogP contribution in [-0.2, 0) is 13.0 Å². The van der Waals surface area contributed by atoms with Crippen LogP contribution in [0.1, 0.15) is 31.8 Å². The SMILES string of the molecule is COc1ccccc1CNC(=O)c1ccc(C(=O)NCCc2ccccc2)cc1. The van der Waals surface area contributed by atoms with Crippen molar-refractivity contribution in [3.05, 3.63) is 101 Å². The van der Waals surface area contributed by atoms with Crippen LogP contribution in [0, 0.1) is 0 Å². The first kappa shape index (κ1) is 20.1. The number of carbonyl (C=O) groups is 2. The Bertz CT molecular complexity index is 953. The van der Waals surface area contributed by atoms with E-state index in [1.807, 2.05) is 54.6 Å². The molecule has 5 nitrogen and oxygen atoms in total. The predicted molar refractivity (Wildman–Crippen MR) is 113 cm³/mol. The van der Waals surface area contributed by atoms with Crippen molar-refractivity contribution in [3.63, 3.8) is 0 Å². The standard InChI is InChI=1S/C24H24N2O3/c1-29-22-10-6-5-9-21(22)17-26-24(28)20-13-11-19(12-14-20)23(27)25-16-15-18-7-3-2-4-8-18/h2-14H,15-17H2,1H3,(H,25,27)(H,26,28). The molecule has 0 atom stereocenters. The molecule has 2 N–H and O–H groups in total. The van der Waals surface area contributed by atoms with Gasteiger partial charge in [-0.2, -0.15) is 0 Å². The summed E-state index contributed by atoms with van der Waals surface area (Å²) in [7, 11) is 1.60. The van der Waals surface area contributed by atoms with Gasteiger partial charge < -0.3 is 15.4 Å². The van der Waals surface area contributed by atoms with Crippen LogP contribution in [0.3, 0.4) is 0 Å². The van der Waals surface area contributed by atoms with Crippen LogP contribution in [-0.4, -0.2) is 25.5 Å². The summed E-state index contributed by atoms with van der Waals surface area (Å²) in [6, 6.07) is 24.2. The summed E-state index contributed by atoms with van der Waals surface area (Å²) < 4.78 is 5.29. The Balaban J connectivity index is 1.50. The van der Waals surface area contributed by atoms with Crippen molar-refractivity contribution >= 4 is 11.8 Å². The minimum absolute atomic E-state index is 0.151. The van der Waals surface area contributed by atoms with Crippen molar-refractivity contribution in [3.8, 4) is 5.75 Å². The third-order valence-electron chi connectivity index (χ3n) is 4.58. The number of methoxy groups -OCH3 is 1. The van der Waals surface area contributed by atoms with E-state index in [2.05, 4.69) is 10.6 Å². The van der Waals surface area contributed by atoms with Crippen LogP contribution in [0.25, 0.3) is 0 Å². The lowest BCUT2D eigenvalue weighted by Crippen LogP contribution is -2.26. The van der Waals surface area contributed by atoms with Gasteiger partial charge in [0, 0.05) is 29.8 Å². The van der Waals surface area contributed by atoms with Crippen LogP contribution in [0.5, 0.6) is 5.75 Å². The van der Waals surface area contributed by atoms with Gasteiger partial charge in [-0.15, -0.1) is 0 Å². The molecular weight excluding hydrogens is 364 g/mol. The Morgan fingerprint density at radius 3 is 2.00 bits per heavy atom. The van der Waals surface area contributed by atoms with Gasteiger partial charge in [0.15, 0.2) is 0 Å². The number of benzene rings is 3. The number of nitrogens with one attached hydrogen (secondary N) is 2. The van der Waals surface area contributed by atoms with E-state index in [1.165, 1.54) is 5.56 Å². The fourth-order valence-electron chi connectivity index (χ4n) is 2.97. The maximum atomic E-state index is 12.4. The van der Waals surface area contributed by atoms with Crippen molar-refractivity contribution in [2.24, 2.45) is 0 Å². The summed E-state index contributed by atoms with van der Waals surface area (Å²) in [6.07, 6.45) is 0.774. The summed E-state index contributed by atoms with van der Waals surface area (Å²) in [4.78, 5) is 24.6. The van der Waals surface area contributed by atoms with Gasteiger partial charge in [0.2, 0.25) is 0 Å². The molecule has 0 fully saturated rings. The van der Waals surface area contributed by atoms with E-state index in [0.29, 0.717) is 24.2 Å². The van der Waals surface area contributed by atoms with Crippen molar-refractivity contribution in [2.45, 2.75) is 13.0 Å². The van der Waals surface area contributed by atoms with Crippen molar-refractivity contribution in [1.29, 1.82) is 0 Å². The molecule has 0 radical (unpaired) electrons. The molecule has 0 unspecified atom stereocenters. The van der Waals surface area contributed by atoms with Gasteiger partial charge in [-0.25, -0.2) is 0 Å². The number of hydrogen-bond acceptors (Lipinski definition) is 3. The lowest BCUT2D eigenvalue weighted by molar-refractivity contribution is 0.0940. The Labute approximate surface area is 170 Å². The molecule has 0 saturated heterocycles. The van der Waals surface area contributed by atoms with E-state index in [4.69, 9.17) is 4.74 Å². The van der Waals surface area contributed by atoms with Gasteiger partial charge in [-0.05, 0) is 42.3 Å². The molecule has 0 aromatic heterocycles. The smallest absolute Gasteiger partial charge is 0.251 e. The molecule has 2 amide bonds. The summed E-state index contributed by atoms with van der Waals surface area (Å²) in [5.41, 5.74) is 3.10. The quantitative estimate of drug-likeness (QED) is 0.620. The molecular formula is C24H24N2O3. The second kappa shape index (κ2) is 10.1. The van der Waals surface area contributed by atoms with Crippen LogP contribution in [0.4, 0.5) is 0 Å². The van der Waals surface area contributed by atoms with Gasteiger partial charge in [-0.3, -0.25) is 9.59 Å². The molecule has 5 heteroatoms. The molecule has 3 aromatic rings. The average molecular weight is 388 g/mol. The highest BCUT2D eigenvalue weighted by Crippen LogP contribution is 2.17. The van der Waals surface area contributed by atoms with E-state index in [0.717, 1.165) is 17.7 Å². The summed E-state index contributed by atoms with van der Waals surface area (Å²) in [5.74, 6) is 0.379. The number of rotatable bonds is 8. The zero-order valence-electron chi connectivity index (χ0n) is 16.4. The third kappa shape index (κ3) is 5.69. The Morgan fingerprint density at radius 2 is 1.34 bits per heavy atom. The minimum Gasteiger partial charge on any atom is -0.496 e. The van der Waals surface area contributed by atoms with Gasteiger partial charge in [0.25, 0.3) is 11.8 Å². The molecule has 0 saturated carbocycles. The highest BCUT2D eigenvalue weighted by Gasteiger charge is 2.10. The number of ether oxygens (including phenoxy) is 1. The lowest BCUT2D eigenvalue weighted by Gasteiger charge is -2.10. The minimum atomic E-state index is -0.202. The highest BCUT2D eigenvalue weighted by molar-refractivity contribution is 5.97. The monoisotopic (exact) mass is 388 g/mol. The van der Waals surface area contributed by atoms with Crippen LogP contribution in [0.15, 0.2) is 78.9 Å². The second-order valence-electron chi connectivity index (χ2n) is 6.56. The zero-order chi connectivity index (χ0) is 20.5. The predicted octanol–water partition coefficient (Wildman–Crippen LogP) is 3.60. The number of carbonyl (C=O) groups excluding carboxylic acids is 2. The topological polar surface area (TPSA) is 67.4 Å². The summed E-state index contributed by atoms with van der Waals surface area (Å²) in [6.45, 7) is 0.925. The van der Waals surface area contributed by atoms with Crippen LogP contribution in [0.2, 0.25) is 0 Å². The normalized spacial score (nSPS) is 10.2. The Morgan fingerprint density at radius 1 is 0.759 bits per heavy atom. The number of para-hydroxylation sites is 1. The molecule has 3 rings (SSSR count). The van der Waals surface area contributed by atoms with Crippen molar-refractivity contribution in [2.75, 3.05) is 13.7 Å². The number of amides is 2. The van der Waals surface area contributed by atoms with Crippen LogP contribution < -0.4 is 15.4 Å². The Kier molecular flexibility index (Phi) is 7.00. The first-order valence-electron chi connectivity index (χ1n) is 9.49. The lowest BCUT2D eigenvalue weighted by atomic mass is 10.1. The summed E-state index contributed by atoms with van der Waals surface area (Å²) >= 11 is 0. The maximum absolute atomic E-state index is 12.4. The fourth-order valence-corrected chi connectivity index (χ4v) is 2.97. The van der Waals surface area contributed by atoms with E-state index in [1.54, 1.807) is 31.4 Å². The van der Waals surface area contributed by atoms with E-state index in [-0.39, 0.29) is 11.8 Å². The Hall–Kier alpha value is -3.60. The number of hydrogen-bond donors (Lipinski definition) is 2. The molecule has 0 spiro atoms. The third-order valence-corrected chi connectivity index (χ3v) is 4.58. The second-order valence-corrected chi connectivity index (χ2v) is 6.56. The molecule has 0 bridgehead atoms. The average Bonchev–Trinajstić information content (AvgIpc) is 2.78. The van der Waals surface area contributed by atoms with Crippen molar-refractivity contribution < 1.29 is 14.3 Å². The largest absolute Gasteiger partial charge is 0.496 e. The molecule has 0 aliphatic carbocycles. The first-order chi connectivity index (χ1) is 14.2. The van der Waals surface area contributed by atoms with E-state index < -0.39 is 0 Å². The van der Waals surface area contributed by atoms with E-state index >= 15 is 0 Å².